The number of benzene rings is 1. The molecule has 0 radical (unpaired) electrons. The Balaban J connectivity index is 0.00000338. The minimum Gasteiger partial charge on any atom is -0.496 e. The van der Waals surface area contributed by atoms with E-state index in [2.05, 4.69) is 4.72 Å². The van der Waals surface area contributed by atoms with E-state index in [9.17, 15) is 13.2 Å². The van der Waals surface area contributed by atoms with Crippen molar-refractivity contribution in [3.63, 3.8) is 0 Å². The van der Waals surface area contributed by atoms with Crippen LogP contribution >= 0.6 is 12.4 Å². The number of rotatable bonds is 6. The van der Waals surface area contributed by atoms with Crippen molar-refractivity contribution in [1.82, 2.24) is 4.72 Å². The van der Waals surface area contributed by atoms with Gasteiger partial charge in [0.25, 0.3) is 0 Å². The first kappa shape index (κ1) is 22.7. The molecule has 0 amide bonds. The molecule has 0 spiro atoms. The summed E-state index contributed by atoms with van der Waals surface area (Å²) in [6, 6.07) is 4.12. The van der Waals surface area contributed by atoms with E-state index in [4.69, 9.17) is 15.2 Å². The molecule has 1 aliphatic carbocycles. The van der Waals surface area contributed by atoms with Gasteiger partial charge in [-0.05, 0) is 37.0 Å². The van der Waals surface area contributed by atoms with Gasteiger partial charge in [0.15, 0.2) is 0 Å². The Morgan fingerprint density at radius 3 is 2.58 bits per heavy atom. The fourth-order valence-corrected chi connectivity index (χ4v) is 4.92. The number of hydrogen-bond donors (Lipinski definition) is 2. The molecule has 7 nitrogen and oxygen atoms in total. The third-order valence-corrected chi connectivity index (χ3v) is 6.59. The van der Waals surface area contributed by atoms with Crippen LogP contribution in [-0.4, -0.2) is 40.7 Å². The summed E-state index contributed by atoms with van der Waals surface area (Å²) in [5, 5.41) is 0. The van der Waals surface area contributed by atoms with Gasteiger partial charge in [0.05, 0.1) is 19.1 Å². The van der Waals surface area contributed by atoms with E-state index in [0.29, 0.717) is 6.42 Å². The van der Waals surface area contributed by atoms with Crippen molar-refractivity contribution in [2.75, 3.05) is 20.8 Å². The Bertz CT molecular complexity index is 741. The Hall–Kier alpha value is -1.35. The first-order valence-electron chi connectivity index (χ1n) is 8.30. The minimum atomic E-state index is -3.85. The van der Waals surface area contributed by atoms with Crippen molar-refractivity contribution < 1.29 is 22.7 Å². The Morgan fingerprint density at radius 2 is 2.04 bits per heavy atom. The maximum atomic E-state index is 12.9. The molecule has 9 heteroatoms. The predicted octanol–water partition coefficient (Wildman–Crippen LogP) is 2.09. The zero-order valence-corrected chi connectivity index (χ0v) is 16.9. The first-order valence-corrected chi connectivity index (χ1v) is 9.78. The lowest BCUT2D eigenvalue weighted by Gasteiger charge is -2.42. The van der Waals surface area contributed by atoms with E-state index in [-0.39, 0.29) is 41.1 Å². The quantitative estimate of drug-likeness (QED) is 0.700. The predicted molar refractivity (Wildman–Crippen MR) is 101 cm³/mol. The van der Waals surface area contributed by atoms with Crippen LogP contribution in [0.4, 0.5) is 0 Å². The molecule has 2 atom stereocenters. The summed E-state index contributed by atoms with van der Waals surface area (Å²) in [7, 11) is -1.21. The smallest absolute Gasteiger partial charge is 0.341 e. The normalized spacial score (nSPS) is 23.0. The molecule has 2 unspecified atom stereocenters. The van der Waals surface area contributed by atoms with Gasteiger partial charge in [-0.3, -0.25) is 0 Å². The van der Waals surface area contributed by atoms with Gasteiger partial charge in [0, 0.05) is 12.1 Å². The standard InChI is InChI=1S/C17H26N2O5S.ClH/c1-12-6-4-5-9-17(12,11-18)19-25(21,22)13-7-8-15(23-2)14(10-13)16(20)24-3;/h7-8,10,12,19H,4-6,9,11,18H2,1-3H3;1H. The van der Waals surface area contributed by atoms with Gasteiger partial charge in [-0.15, -0.1) is 12.4 Å². The fourth-order valence-electron chi connectivity index (χ4n) is 3.36. The van der Waals surface area contributed by atoms with Crippen LogP contribution < -0.4 is 15.2 Å². The molecule has 2 rings (SSSR count). The van der Waals surface area contributed by atoms with E-state index in [0.717, 1.165) is 19.3 Å². The summed E-state index contributed by atoms with van der Waals surface area (Å²) < 4.78 is 38.4. The number of nitrogens with one attached hydrogen (secondary N) is 1. The second kappa shape index (κ2) is 9.03. The SMILES string of the molecule is COC(=O)c1cc(S(=O)(=O)NC2(CN)CCCCC2C)ccc1OC.Cl. The number of esters is 1. The molecule has 3 N–H and O–H groups in total. The summed E-state index contributed by atoms with van der Waals surface area (Å²) in [5.41, 5.74) is 5.34. The van der Waals surface area contributed by atoms with Gasteiger partial charge in [-0.1, -0.05) is 19.8 Å². The van der Waals surface area contributed by atoms with Crippen LogP contribution in [0.25, 0.3) is 0 Å². The number of hydrogen-bond acceptors (Lipinski definition) is 6. The van der Waals surface area contributed by atoms with Gasteiger partial charge in [0.1, 0.15) is 11.3 Å². The summed E-state index contributed by atoms with van der Waals surface area (Å²) in [6.07, 6.45) is 3.62. The average molecular weight is 407 g/mol. The summed E-state index contributed by atoms with van der Waals surface area (Å²) in [4.78, 5) is 11.9. The second-order valence-corrected chi connectivity index (χ2v) is 8.15. The molecule has 148 valence electrons. The van der Waals surface area contributed by atoms with Gasteiger partial charge in [0.2, 0.25) is 10.0 Å². The first-order chi connectivity index (χ1) is 11.8. The molecule has 1 aromatic carbocycles. The highest BCUT2D eigenvalue weighted by Crippen LogP contribution is 2.34. The van der Waals surface area contributed by atoms with Gasteiger partial charge in [-0.25, -0.2) is 17.9 Å². The van der Waals surface area contributed by atoms with E-state index in [1.54, 1.807) is 0 Å². The molecule has 26 heavy (non-hydrogen) atoms. The van der Waals surface area contributed by atoms with Gasteiger partial charge in [-0.2, -0.15) is 0 Å². The van der Waals surface area contributed by atoms with Crippen LogP contribution in [0.15, 0.2) is 23.1 Å². The number of nitrogens with two attached hydrogens (primary N) is 1. The Kier molecular flexibility index (Phi) is 7.88. The molecule has 0 bridgehead atoms. The lowest BCUT2D eigenvalue weighted by molar-refractivity contribution is 0.0597. The van der Waals surface area contributed by atoms with Crippen molar-refractivity contribution in [1.29, 1.82) is 0 Å². The zero-order valence-electron chi connectivity index (χ0n) is 15.3. The maximum absolute atomic E-state index is 12.9. The number of carbonyl (C=O) groups is 1. The molecule has 0 aliphatic heterocycles. The number of sulfonamides is 1. The van der Waals surface area contributed by atoms with Crippen LogP contribution in [0.5, 0.6) is 5.75 Å². The monoisotopic (exact) mass is 406 g/mol. The van der Waals surface area contributed by atoms with E-state index in [1.165, 1.54) is 32.4 Å². The average Bonchev–Trinajstić information content (AvgIpc) is 2.62. The van der Waals surface area contributed by atoms with E-state index in [1.807, 2.05) is 6.92 Å². The van der Waals surface area contributed by atoms with E-state index < -0.39 is 21.5 Å². The van der Waals surface area contributed by atoms with Crippen molar-refractivity contribution in [2.45, 2.75) is 43.0 Å². The molecule has 1 saturated carbocycles. The van der Waals surface area contributed by atoms with Crippen LogP contribution in [0.1, 0.15) is 43.0 Å². The maximum Gasteiger partial charge on any atom is 0.341 e. The number of carbonyl (C=O) groups excluding carboxylic acids is 1. The molecule has 1 aromatic rings. The molecular formula is C17H27ClN2O5S. The van der Waals surface area contributed by atoms with Crippen molar-refractivity contribution in [2.24, 2.45) is 11.7 Å². The molecule has 0 saturated heterocycles. The molecule has 1 fully saturated rings. The summed E-state index contributed by atoms with van der Waals surface area (Å²) >= 11 is 0. The highest BCUT2D eigenvalue weighted by molar-refractivity contribution is 7.89. The van der Waals surface area contributed by atoms with Crippen LogP contribution in [0, 0.1) is 5.92 Å². The lowest BCUT2D eigenvalue weighted by Crippen LogP contribution is -2.58. The third kappa shape index (κ3) is 4.49. The van der Waals surface area contributed by atoms with Gasteiger partial charge >= 0.3 is 5.97 Å². The molecule has 1 aliphatic rings. The second-order valence-electron chi connectivity index (χ2n) is 6.47. The largest absolute Gasteiger partial charge is 0.496 e. The topological polar surface area (TPSA) is 108 Å². The van der Waals surface area contributed by atoms with E-state index >= 15 is 0 Å². The van der Waals surface area contributed by atoms with Crippen molar-refractivity contribution in [3.8, 4) is 5.75 Å². The van der Waals surface area contributed by atoms with Crippen molar-refractivity contribution >= 4 is 28.4 Å². The van der Waals surface area contributed by atoms with Gasteiger partial charge < -0.3 is 15.2 Å². The number of methoxy groups -OCH3 is 2. The molecule has 0 heterocycles. The van der Waals surface area contributed by atoms with Crippen molar-refractivity contribution in [3.05, 3.63) is 23.8 Å². The van der Waals surface area contributed by atoms with Crippen LogP contribution in [0.3, 0.4) is 0 Å². The summed E-state index contributed by atoms with van der Waals surface area (Å²) in [5.74, 6) is -0.266. The van der Waals surface area contributed by atoms with Crippen LogP contribution in [-0.2, 0) is 14.8 Å². The zero-order chi connectivity index (χ0) is 18.7. The minimum absolute atomic E-state index is 0. The molecular weight excluding hydrogens is 380 g/mol. The Morgan fingerprint density at radius 1 is 1.35 bits per heavy atom. The molecule has 0 aromatic heterocycles. The third-order valence-electron chi connectivity index (χ3n) is 5.04. The number of halogens is 1. The highest BCUT2D eigenvalue weighted by Gasteiger charge is 2.40. The van der Waals surface area contributed by atoms with Crippen LogP contribution in [0.2, 0.25) is 0 Å². The summed E-state index contributed by atoms with van der Waals surface area (Å²) in [6.45, 7) is 2.25. The Labute approximate surface area is 161 Å². The highest BCUT2D eigenvalue weighted by atomic mass is 35.5. The number of ether oxygens (including phenoxy) is 2. The lowest BCUT2D eigenvalue weighted by atomic mass is 9.74. The fraction of sp³-hybridized carbons (Fsp3) is 0.588.